The highest BCUT2D eigenvalue weighted by atomic mass is 79.9. The Labute approximate surface area is 256 Å². The first-order valence-corrected chi connectivity index (χ1v) is 16.4. The zero-order valence-electron chi connectivity index (χ0n) is 23.8. The lowest BCUT2D eigenvalue weighted by molar-refractivity contribution is -0.177. The van der Waals surface area contributed by atoms with E-state index in [-0.39, 0.29) is 22.3 Å². The van der Waals surface area contributed by atoms with Gasteiger partial charge in [0.25, 0.3) is 10.0 Å². The predicted molar refractivity (Wildman–Crippen MR) is 164 cm³/mol. The van der Waals surface area contributed by atoms with Gasteiger partial charge in [0, 0.05) is 21.0 Å². The summed E-state index contributed by atoms with van der Waals surface area (Å²) in [7, 11) is -4.12. The molecule has 1 N–H and O–H groups in total. The van der Waals surface area contributed by atoms with Gasteiger partial charge in [-0.05, 0) is 89.5 Å². The van der Waals surface area contributed by atoms with Gasteiger partial charge in [0.15, 0.2) is 0 Å². The third-order valence-corrected chi connectivity index (χ3v) is 10.7. The van der Waals surface area contributed by atoms with E-state index in [2.05, 4.69) is 59.6 Å². The summed E-state index contributed by atoms with van der Waals surface area (Å²) < 4.78 is 42.6. The first-order chi connectivity index (χ1) is 19.2. The molecule has 2 aliphatic rings. The molecule has 2 heterocycles. The van der Waals surface area contributed by atoms with Gasteiger partial charge in [-0.2, -0.15) is 0 Å². The maximum absolute atomic E-state index is 13.8. The van der Waals surface area contributed by atoms with E-state index in [4.69, 9.17) is 21.1 Å². The average Bonchev–Trinajstić information content (AvgIpc) is 2.87. The van der Waals surface area contributed by atoms with Crippen LogP contribution < -0.4 is 9.46 Å². The van der Waals surface area contributed by atoms with Crippen LogP contribution in [-0.2, 0) is 31.4 Å². The number of rotatable bonds is 5. The molecule has 2 aliphatic heterocycles. The van der Waals surface area contributed by atoms with E-state index in [0.29, 0.717) is 22.3 Å². The van der Waals surface area contributed by atoms with Crippen molar-refractivity contribution in [2.24, 2.45) is 11.8 Å². The second-order valence-corrected chi connectivity index (χ2v) is 15.4. The quantitative estimate of drug-likeness (QED) is 0.309. The van der Waals surface area contributed by atoms with Crippen molar-refractivity contribution in [2.45, 2.75) is 75.6 Å². The van der Waals surface area contributed by atoms with Crippen molar-refractivity contribution < 1.29 is 22.7 Å². The summed E-state index contributed by atoms with van der Waals surface area (Å²) in [6.45, 7) is 10.5. The van der Waals surface area contributed by atoms with Gasteiger partial charge < -0.3 is 9.47 Å². The number of carbonyl (C=O) groups is 1. The fourth-order valence-electron chi connectivity index (χ4n) is 5.84. The highest BCUT2D eigenvalue weighted by Gasteiger charge is 2.52. The Morgan fingerprint density at radius 2 is 1.80 bits per heavy atom. The first-order valence-electron chi connectivity index (χ1n) is 13.7. The van der Waals surface area contributed by atoms with Gasteiger partial charge in [-0.25, -0.2) is 13.1 Å². The van der Waals surface area contributed by atoms with Gasteiger partial charge in [-0.15, -0.1) is 0 Å². The summed E-state index contributed by atoms with van der Waals surface area (Å²) in [5, 5.41) is 0.584. The van der Waals surface area contributed by atoms with Crippen LogP contribution in [0.5, 0.6) is 5.75 Å². The molecule has 3 aromatic rings. The third kappa shape index (κ3) is 6.21. The molecule has 0 saturated carbocycles. The van der Waals surface area contributed by atoms with Crippen LogP contribution in [0.15, 0.2) is 76.1 Å². The van der Waals surface area contributed by atoms with E-state index in [1.165, 1.54) is 6.07 Å². The Hall–Kier alpha value is -2.39. The van der Waals surface area contributed by atoms with Gasteiger partial charge in [0.1, 0.15) is 16.2 Å². The van der Waals surface area contributed by atoms with E-state index >= 15 is 0 Å². The number of carbonyl (C=O) groups excluding carboxylic acids is 1. The number of hydrogen-bond donors (Lipinski definition) is 1. The average molecular weight is 661 g/mol. The number of benzene rings is 3. The molecule has 0 radical (unpaired) electrons. The number of ether oxygens (including phenoxy) is 2. The summed E-state index contributed by atoms with van der Waals surface area (Å²) in [6, 6.07) is 20.1. The topological polar surface area (TPSA) is 81.7 Å². The Kier molecular flexibility index (Phi) is 8.09. The van der Waals surface area contributed by atoms with Crippen LogP contribution in [0.1, 0.15) is 63.8 Å². The number of halogens is 2. The van der Waals surface area contributed by atoms with Crippen LogP contribution in [0.2, 0.25) is 5.02 Å². The zero-order valence-corrected chi connectivity index (χ0v) is 26.9. The van der Waals surface area contributed by atoms with Gasteiger partial charge in [-0.1, -0.05) is 68.8 Å². The fraction of sp³-hybridized carbons (Fsp3) is 0.406. The molecule has 0 bridgehead atoms. The van der Waals surface area contributed by atoms with E-state index < -0.39 is 33.6 Å². The molecule has 0 unspecified atom stereocenters. The highest BCUT2D eigenvalue weighted by molar-refractivity contribution is 9.10. The van der Waals surface area contributed by atoms with Crippen molar-refractivity contribution in [3.05, 3.63) is 92.9 Å². The van der Waals surface area contributed by atoms with Crippen molar-refractivity contribution in [1.82, 2.24) is 4.72 Å². The maximum Gasteiger partial charge on any atom is 0.265 e. The van der Waals surface area contributed by atoms with Gasteiger partial charge in [-0.3, -0.25) is 4.79 Å². The Balaban J connectivity index is 1.51. The van der Waals surface area contributed by atoms with Gasteiger partial charge in [0.2, 0.25) is 5.91 Å². The summed E-state index contributed by atoms with van der Waals surface area (Å²) in [6.07, 6.45) is -0.127. The molecule has 218 valence electrons. The molecule has 4 atom stereocenters. The predicted octanol–water partition coefficient (Wildman–Crippen LogP) is 7.38. The minimum absolute atomic E-state index is 0.000690. The molecule has 1 saturated heterocycles. The Bertz CT molecular complexity index is 1580. The summed E-state index contributed by atoms with van der Waals surface area (Å²) in [5.74, 6) is -0.751. The number of nitrogens with one attached hydrogen (secondary N) is 1. The number of hydrogen-bond acceptors (Lipinski definition) is 5. The van der Waals surface area contributed by atoms with E-state index in [9.17, 15) is 13.2 Å². The molecule has 5 rings (SSSR count). The molecular weight excluding hydrogens is 626 g/mol. The lowest BCUT2D eigenvalue weighted by Gasteiger charge is -2.51. The van der Waals surface area contributed by atoms with E-state index in [1.807, 2.05) is 32.0 Å². The molecule has 41 heavy (non-hydrogen) atoms. The Morgan fingerprint density at radius 3 is 2.49 bits per heavy atom. The molecule has 6 nitrogen and oxygen atoms in total. The molecule has 9 heteroatoms. The summed E-state index contributed by atoms with van der Waals surface area (Å²) >= 11 is 9.57. The lowest BCUT2D eigenvalue weighted by atomic mass is 9.70. The smallest absolute Gasteiger partial charge is 0.265 e. The van der Waals surface area contributed by atoms with Crippen molar-refractivity contribution >= 4 is 43.5 Å². The molecular formula is C32H35BrClNO5S. The fourth-order valence-corrected chi connectivity index (χ4v) is 8.08. The van der Waals surface area contributed by atoms with Crippen molar-refractivity contribution in [3.63, 3.8) is 0 Å². The van der Waals surface area contributed by atoms with Crippen molar-refractivity contribution in [2.75, 3.05) is 0 Å². The lowest BCUT2D eigenvalue weighted by Crippen LogP contribution is -2.54. The molecule has 0 spiro atoms. The number of fused-ring (bicyclic) bond motifs is 3. The largest absolute Gasteiger partial charge is 0.487 e. The highest BCUT2D eigenvalue weighted by Crippen LogP contribution is 2.53. The van der Waals surface area contributed by atoms with Gasteiger partial charge in [0.05, 0.1) is 18.1 Å². The molecule has 1 fully saturated rings. The summed E-state index contributed by atoms with van der Waals surface area (Å²) in [5.41, 5.74) is 2.30. The van der Waals surface area contributed by atoms with Crippen LogP contribution in [-0.4, -0.2) is 26.0 Å². The third-order valence-electron chi connectivity index (χ3n) is 8.12. The molecule has 0 aromatic heterocycles. The van der Waals surface area contributed by atoms with Crippen molar-refractivity contribution in [1.29, 1.82) is 0 Å². The minimum atomic E-state index is -4.12. The number of sulfonamides is 1. The molecule has 3 aromatic carbocycles. The minimum Gasteiger partial charge on any atom is -0.487 e. The van der Waals surface area contributed by atoms with Crippen LogP contribution in [0.4, 0.5) is 0 Å². The summed E-state index contributed by atoms with van der Waals surface area (Å²) in [4.78, 5) is 13.8. The van der Waals surface area contributed by atoms with E-state index in [1.54, 1.807) is 24.3 Å². The molecule has 1 amide bonds. The second-order valence-electron chi connectivity index (χ2n) is 12.5. The van der Waals surface area contributed by atoms with Crippen molar-refractivity contribution in [3.8, 4) is 5.75 Å². The van der Waals surface area contributed by atoms with Crippen LogP contribution >= 0.6 is 27.5 Å². The monoisotopic (exact) mass is 659 g/mol. The SMILES string of the molecule is CC(C)(C)c1ccc2c(c1)OC(C)(C)[C@H]1C[C@H](C(=O)NS(=O)(=O)c3ccccc3Br)[C@H](Cc3cccc(Cl)c3)O[C@H]21. The van der Waals surface area contributed by atoms with E-state index in [0.717, 1.165) is 22.4 Å². The molecule has 0 aliphatic carbocycles. The maximum atomic E-state index is 13.8. The van der Waals surface area contributed by atoms with Gasteiger partial charge >= 0.3 is 0 Å². The number of amides is 1. The Morgan fingerprint density at radius 1 is 1.07 bits per heavy atom. The zero-order chi connectivity index (χ0) is 29.7. The van der Waals surface area contributed by atoms with Crippen LogP contribution in [0.3, 0.4) is 0 Å². The normalized spacial score (nSPS) is 23.6. The van der Waals surface area contributed by atoms with Crippen LogP contribution in [0.25, 0.3) is 0 Å². The standard InChI is InChI=1S/C32H35BrClNO5S/c1-31(2,3)20-13-14-22-27(17-20)40-32(4,5)24-18-23(26(39-29(22)24)16-19-9-8-10-21(34)15-19)30(36)35-41(37,38)28-12-7-6-11-25(28)33/h6-15,17,23-24,26,29H,16,18H2,1-5H3,(H,35,36)/t23-,24-,26-,29+/m0/s1. The second kappa shape index (κ2) is 11.0. The van der Waals surface area contributed by atoms with Crippen LogP contribution in [0, 0.1) is 11.8 Å². The first kappa shape index (κ1) is 30.1.